The molecule has 6 rings (SSSR count). The predicted octanol–water partition coefficient (Wildman–Crippen LogP) is 11.8. The largest absolute Gasteiger partial charge is 0.129 e. The lowest BCUT2D eigenvalue weighted by Gasteiger charge is -2.06. The van der Waals surface area contributed by atoms with Crippen molar-refractivity contribution in [2.75, 3.05) is 0 Å². The molecule has 2 aliphatic carbocycles. The molecule has 0 N–H and O–H groups in total. The van der Waals surface area contributed by atoms with Gasteiger partial charge in [-0.25, -0.2) is 0 Å². The maximum Gasteiger partial charge on any atom is 0.129 e. The average molecular weight is 669 g/mol. The third-order valence-corrected chi connectivity index (χ3v) is 9.99. The van der Waals surface area contributed by atoms with Crippen LogP contribution in [0.2, 0.25) is 19.6 Å². The second-order valence-electron chi connectivity index (χ2n) is 14.9. The fourth-order valence-corrected chi connectivity index (χ4v) is 6.31. The molecule has 0 radical (unpaired) electrons. The van der Waals surface area contributed by atoms with Crippen LogP contribution in [0.15, 0.2) is 84.9 Å². The molecular formula is C49H52Si. The Kier molecular flexibility index (Phi) is 13.1. The zero-order chi connectivity index (χ0) is 35.3. The van der Waals surface area contributed by atoms with Crippen molar-refractivity contribution in [2.24, 2.45) is 0 Å². The van der Waals surface area contributed by atoms with Gasteiger partial charge in [-0.2, -0.15) is 0 Å². The maximum atomic E-state index is 5.52. The number of hydrogen-bond donors (Lipinski definition) is 0. The molecule has 4 aromatic rings. The van der Waals surface area contributed by atoms with Crippen molar-refractivity contribution in [1.29, 1.82) is 0 Å². The van der Waals surface area contributed by atoms with Gasteiger partial charge >= 0.3 is 0 Å². The van der Waals surface area contributed by atoms with Crippen molar-refractivity contribution in [2.45, 2.75) is 110 Å². The van der Waals surface area contributed by atoms with E-state index >= 15 is 0 Å². The van der Waals surface area contributed by atoms with E-state index in [0.717, 1.165) is 40.7 Å². The minimum Gasteiger partial charge on any atom is -0.127 e. The van der Waals surface area contributed by atoms with Crippen molar-refractivity contribution >= 4 is 8.07 Å². The number of terminal acetylenes is 1. The van der Waals surface area contributed by atoms with Crippen LogP contribution in [0.1, 0.15) is 133 Å². The Labute approximate surface area is 304 Å². The summed E-state index contributed by atoms with van der Waals surface area (Å²) in [5.41, 5.74) is 15.6. The lowest BCUT2D eigenvalue weighted by molar-refractivity contribution is 0.795. The number of unbranched alkanes of at least 4 members (excludes halogenated alkanes) is 2. The van der Waals surface area contributed by atoms with Crippen molar-refractivity contribution in [3.8, 4) is 47.5 Å². The third kappa shape index (κ3) is 11.7. The summed E-state index contributed by atoms with van der Waals surface area (Å²) >= 11 is 0. The van der Waals surface area contributed by atoms with Crippen molar-refractivity contribution in [1.82, 2.24) is 0 Å². The molecular weight excluding hydrogens is 617 g/mol. The Bertz CT molecular complexity index is 1970. The van der Waals surface area contributed by atoms with Gasteiger partial charge in [0, 0.05) is 33.4 Å². The summed E-state index contributed by atoms with van der Waals surface area (Å²) in [6.07, 6.45) is 17.9. The van der Waals surface area contributed by atoms with E-state index in [9.17, 15) is 0 Å². The third-order valence-electron chi connectivity index (χ3n) is 9.11. The first-order valence-electron chi connectivity index (χ1n) is 18.7. The van der Waals surface area contributed by atoms with E-state index in [2.05, 4.69) is 153 Å². The quantitative estimate of drug-likeness (QED) is 0.129. The molecule has 0 spiro atoms. The molecule has 2 fully saturated rings. The summed E-state index contributed by atoms with van der Waals surface area (Å²) in [5, 5.41) is 0. The summed E-state index contributed by atoms with van der Waals surface area (Å²) in [5.74, 6) is 20.9. The molecule has 0 unspecified atom stereocenters. The van der Waals surface area contributed by atoms with E-state index in [4.69, 9.17) is 6.42 Å². The molecule has 2 aliphatic rings. The van der Waals surface area contributed by atoms with Gasteiger partial charge in [-0.05, 0) is 146 Å². The molecule has 0 saturated heterocycles. The Morgan fingerprint density at radius 1 is 0.540 bits per heavy atom. The second kappa shape index (κ2) is 17.8. The van der Waals surface area contributed by atoms with E-state index in [-0.39, 0.29) is 0 Å². The lowest BCUT2D eigenvalue weighted by Crippen LogP contribution is -2.16. The number of rotatable bonds is 8. The Morgan fingerprint density at radius 3 is 1.36 bits per heavy atom. The van der Waals surface area contributed by atoms with E-state index in [1.165, 1.54) is 79.2 Å². The van der Waals surface area contributed by atoms with E-state index in [1.54, 1.807) is 0 Å². The van der Waals surface area contributed by atoms with Crippen LogP contribution in [0.4, 0.5) is 0 Å². The molecule has 0 aromatic heterocycles. The zero-order valence-corrected chi connectivity index (χ0v) is 31.9. The van der Waals surface area contributed by atoms with Gasteiger partial charge in [0.05, 0.1) is 0 Å². The zero-order valence-electron chi connectivity index (χ0n) is 30.9. The molecule has 0 amide bonds. The van der Waals surface area contributed by atoms with Crippen LogP contribution in [0.25, 0.3) is 0 Å². The fourth-order valence-electron chi connectivity index (χ4n) is 5.79. The van der Waals surface area contributed by atoms with E-state index in [1.807, 2.05) is 6.07 Å². The topological polar surface area (TPSA) is 0 Å². The van der Waals surface area contributed by atoms with Crippen LogP contribution < -0.4 is 0 Å². The molecule has 2 saturated carbocycles. The van der Waals surface area contributed by atoms with Crippen LogP contribution in [-0.2, 0) is 12.8 Å². The first kappa shape index (κ1) is 36.6. The fraction of sp³-hybridized carbons (Fsp3) is 0.347. The second-order valence-corrected chi connectivity index (χ2v) is 19.6. The molecule has 0 heterocycles. The molecule has 50 heavy (non-hydrogen) atoms. The van der Waals surface area contributed by atoms with Crippen molar-refractivity contribution in [3.05, 3.63) is 141 Å². The Balaban J connectivity index is 0.000000197. The predicted molar refractivity (Wildman–Crippen MR) is 217 cm³/mol. The molecule has 0 nitrogen and oxygen atoms in total. The normalized spacial score (nSPS) is 13.2. The van der Waals surface area contributed by atoms with Gasteiger partial charge in [-0.15, -0.1) is 12.0 Å². The monoisotopic (exact) mass is 668 g/mol. The van der Waals surface area contributed by atoms with E-state index in [0.29, 0.717) is 11.8 Å². The Morgan fingerprint density at radius 2 is 0.960 bits per heavy atom. The highest BCUT2D eigenvalue weighted by molar-refractivity contribution is 6.83. The van der Waals surface area contributed by atoms with Crippen LogP contribution in [-0.4, -0.2) is 8.07 Å². The number of aryl methyl sites for hydroxylation is 2. The summed E-state index contributed by atoms with van der Waals surface area (Å²) in [7, 11) is -1.34. The van der Waals surface area contributed by atoms with Crippen molar-refractivity contribution in [3.63, 3.8) is 0 Å². The van der Waals surface area contributed by atoms with Crippen LogP contribution in [0, 0.1) is 47.5 Å². The highest BCUT2D eigenvalue weighted by atomic mass is 28.3. The highest BCUT2D eigenvalue weighted by Gasteiger charge is 2.26. The molecule has 0 bridgehead atoms. The minimum atomic E-state index is -1.34. The highest BCUT2D eigenvalue weighted by Crippen LogP contribution is 2.42. The van der Waals surface area contributed by atoms with Gasteiger partial charge in [0.15, 0.2) is 0 Å². The van der Waals surface area contributed by atoms with E-state index < -0.39 is 8.07 Å². The molecule has 0 aliphatic heterocycles. The SMILES string of the molecule is C#Cc1ccc(C#Cc2ccc(CCCC)cc2)c(C2CC2)c1.CCCCc1ccc(C#Cc2ccc(C#C[Si](C)(C)C)cc2C2CC2)cc1. The van der Waals surface area contributed by atoms with Crippen LogP contribution in [0.3, 0.4) is 0 Å². The summed E-state index contributed by atoms with van der Waals surface area (Å²) in [6, 6.07) is 30.2. The smallest absolute Gasteiger partial charge is 0.127 e. The first-order chi connectivity index (χ1) is 24.2. The number of benzene rings is 4. The van der Waals surface area contributed by atoms with Crippen LogP contribution in [0.5, 0.6) is 0 Å². The first-order valence-corrected chi connectivity index (χ1v) is 22.2. The van der Waals surface area contributed by atoms with Crippen molar-refractivity contribution < 1.29 is 0 Å². The Hall–Kier alpha value is -4.66. The summed E-state index contributed by atoms with van der Waals surface area (Å²) < 4.78 is 0. The van der Waals surface area contributed by atoms with Gasteiger partial charge in [0.25, 0.3) is 0 Å². The molecule has 4 aromatic carbocycles. The summed E-state index contributed by atoms with van der Waals surface area (Å²) in [4.78, 5) is 0. The standard InChI is InChI=1S/C26H30Si.C23H22/c1-5-6-7-21-8-10-22(11-9-21)12-14-24-15-13-23(18-19-27(2,3)4)20-26(24)25-16-17-25;1-3-5-6-19-7-9-20(10-8-19)12-14-21-13-11-18(4-2)17-23(21)22-15-16-22/h8-11,13,15,20,25H,5-7,16-17H2,1-4H3;2,7-11,13,17,22H,3,5-6,15-16H2,1H3. The summed E-state index contributed by atoms with van der Waals surface area (Å²) in [6.45, 7) is 11.3. The minimum absolute atomic E-state index is 0.656. The molecule has 252 valence electrons. The average Bonchev–Trinajstić information content (AvgIpc) is 4.06. The van der Waals surface area contributed by atoms with Gasteiger partial charge in [0.1, 0.15) is 8.07 Å². The number of hydrogen-bond acceptors (Lipinski definition) is 0. The molecule has 0 atom stereocenters. The van der Waals surface area contributed by atoms with Gasteiger partial charge in [-0.3, -0.25) is 0 Å². The maximum absolute atomic E-state index is 5.52. The molecule has 1 heteroatoms. The van der Waals surface area contributed by atoms with Gasteiger partial charge in [0.2, 0.25) is 0 Å². The van der Waals surface area contributed by atoms with Crippen LogP contribution >= 0.6 is 0 Å². The lowest BCUT2D eigenvalue weighted by atomic mass is 10.00. The van der Waals surface area contributed by atoms with Gasteiger partial charge in [-0.1, -0.05) is 106 Å². The van der Waals surface area contributed by atoms with Gasteiger partial charge < -0.3 is 0 Å².